The van der Waals surface area contributed by atoms with Gasteiger partial charge in [-0.15, -0.1) is 5.10 Å². The van der Waals surface area contributed by atoms with Crippen molar-refractivity contribution < 1.29 is 9.53 Å². The summed E-state index contributed by atoms with van der Waals surface area (Å²) in [4.78, 5) is 12.0. The molecule has 0 aliphatic heterocycles. The number of hydrogen-bond donors (Lipinski definition) is 1. The molecule has 6 nitrogen and oxygen atoms in total. The molecule has 3 rings (SSSR count). The van der Waals surface area contributed by atoms with Crippen LogP contribution in [0, 0.1) is 0 Å². The van der Waals surface area contributed by atoms with Gasteiger partial charge in [0.2, 0.25) is 0 Å². The van der Waals surface area contributed by atoms with E-state index in [1.54, 1.807) is 13.2 Å². The minimum Gasteiger partial charge on any atom is -0.494 e. The van der Waals surface area contributed by atoms with Crippen molar-refractivity contribution in [3.05, 3.63) is 41.7 Å². The summed E-state index contributed by atoms with van der Waals surface area (Å²) in [7, 11) is 1.74. The van der Waals surface area contributed by atoms with E-state index in [1.807, 2.05) is 19.1 Å². The lowest BCUT2D eigenvalue weighted by Crippen LogP contribution is -2.26. The SMILES string of the molecule is CCOc1ccc([C@@H]2C[C@H]2NC(=O)c2cn(C)nn2)cc1. The number of amides is 1. The molecule has 1 aromatic carbocycles. The van der Waals surface area contributed by atoms with E-state index in [2.05, 4.69) is 27.8 Å². The Kier molecular flexibility index (Phi) is 3.60. The van der Waals surface area contributed by atoms with Gasteiger partial charge in [0, 0.05) is 19.0 Å². The zero-order chi connectivity index (χ0) is 14.8. The van der Waals surface area contributed by atoms with Gasteiger partial charge in [-0.05, 0) is 31.0 Å². The van der Waals surface area contributed by atoms with Gasteiger partial charge < -0.3 is 10.1 Å². The summed E-state index contributed by atoms with van der Waals surface area (Å²) in [5.74, 6) is 1.09. The second-order valence-electron chi connectivity index (χ2n) is 5.20. The number of nitrogens with zero attached hydrogens (tertiary/aromatic N) is 3. The minimum absolute atomic E-state index is 0.165. The van der Waals surface area contributed by atoms with Gasteiger partial charge in [0.05, 0.1) is 12.8 Å². The average molecular weight is 286 g/mol. The fraction of sp³-hybridized carbons (Fsp3) is 0.400. The third-order valence-electron chi connectivity index (χ3n) is 3.56. The molecule has 1 aliphatic carbocycles. The Bertz CT molecular complexity index is 635. The van der Waals surface area contributed by atoms with Crippen LogP contribution in [0.1, 0.15) is 35.3 Å². The number of carbonyl (C=O) groups excluding carboxylic acids is 1. The molecule has 0 bridgehead atoms. The van der Waals surface area contributed by atoms with Crippen LogP contribution in [0.2, 0.25) is 0 Å². The van der Waals surface area contributed by atoms with Crippen molar-refractivity contribution in [3.8, 4) is 5.75 Å². The van der Waals surface area contributed by atoms with Crippen LogP contribution in [0.4, 0.5) is 0 Å². The van der Waals surface area contributed by atoms with Crippen LogP contribution >= 0.6 is 0 Å². The second-order valence-corrected chi connectivity index (χ2v) is 5.20. The molecular weight excluding hydrogens is 268 g/mol. The van der Waals surface area contributed by atoms with Gasteiger partial charge in [0.25, 0.3) is 5.91 Å². The Morgan fingerprint density at radius 1 is 1.43 bits per heavy atom. The molecule has 2 atom stereocenters. The van der Waals surface area contributed by atoms with Crippen molar-refractivity contribution in [1.29, 1.82) is 0 Å². The monoisotopic (exact) mass is 286 g/mol. The zero-order valence-corrected chi connectivity index (χ0v) is 12.1. The summed E-state index contributed by atoms with van der Waals surface area (Å²) in [6.07, 6.45) is 2.57. The number of rotatable bonds is 5. The van der Waals surface area contributed by atoms with Gasteiger partial charge in [-0.25, -0.2) is 0 Å². The number of hydrogen-bond acceptors (Lipinski definition) is 4. The van der Waals surface area contributed by atoms with Crippen molar-refractivity contribution in [3.63, 3.8) is 0 Å². The predicted octanol–water partition coefficient (Wildman–Crippen LogP) is 1.50. The Morgan fingerprint density at radius 2 is 2.19 bits per heavy atom. The van der Waals surface area contributed by atoms with Crippen LogP contribution in [0.3, 0.4) is 0 Å². The largest absolute Gasteiger partial charge is 0.494 e. The van der Waals surface area contributed by atoms with Gasteiger partial charge in [0.15, 0.2) is 5.69 Å². The van der Waals surface area contributed by atoms with Crippen LogP contribution in [0.5, 0.6) is 5.75 Å². The number of benzene rings is 1. The maximum absolute atomic E-state index is 12.0. The highest BCUT2D eigenvalue weighted by molar-refractivity contribution is 5.92. The van der Waals surface area contributed by atoms with E-state index in [4.69, 9.17) is 4.74 Å². The Hall–Kier alpha value is -2.37. The quantitative estimate of drug-likeness (QED) is 0.904. The van der Waals surface area contributed by atoms with Crippen molar-refractivity contribution in [2.75, 3.05) is 6.61 Å². The van der Waals surface area contributed by atoms with Crippen molar-refractivity contribution >= 4 is 5.91 Å². The van der Waals surface area contributed by atoms with Gasteiger partial charge in [-0.3, -0.25) is 9.48 Å². The molecule has 0 spiro atoms. The lowest BCUT2D eigenvalue weighted by molar-refractivity contribution is 0.0945. The Labute approximate surface area is 123 Å². The summed E-state index contributed by atoms with van der Waals surface area (Å²) >= 11 is 0. The van der Waals surface area contributed by atoms with E-state index in [-0.39, 0.29) is 11.9 Å². The number of aromatic nitrogens is 3. The maximum Gasteiger partial charge on any atom is 0.273 e. The molecule has 2 aromatic rings. The smallest absolute Gasteiger partial charge is 0.273 e. The van der Waals surface area contributed by atoms with Gasteiger partial charge >= 0.3 is 0 Å². The topological polar surface area (TPSA) is 69.0 Å². The fourth-order valence-electron chi connectivity index (χ4n) is 2.39. The highest BCUT2D eigenvalue weighted by atomic mass is 16.5. The molecule has 21 heavy (non-hydrogen) atoms. The van der Waals surface area contributed by atoms with Gasteiger partial charge in [-0.2, -0.15) is 0 Å². The van der Waals surface area contributed by atoms with Crippen LogP contribution in [-0.4, -0.2) is 33.5 Å². The molecule has 1 aliphatic rings. The molecule has 0 unspecified atom stereocenters. The second kappa shape index (κ2) is 5.55. The first-order valence-electron chi connectivity index (χ1n) is 7.07. The van der Waals surface area contributed by atoms with E-state index in [0.717, 1.165) is 12.2 Å². The third-order valence-corrected chi connectivity index (χ3v) is 3.56. The highest BCUT2D eigenvalue weighted by Gasteiger charge is 2.39. The third kappa shape index (κ3) is 3.04. The van der Waals surface area contributed by atoms with Crippen molar-refractivity contribution in [2.45, 2.75) is 25.3 Å². The molecule has 1 fully saturated rings. The summed E-state index contributed by atoms with van der Waals surface area (Å²) in [6.45, 7) is 2.63. The number of nitrogens with one attached hydrogen (secondary N) is 1. The molecule has 1 saturated carbocycles. The van der Waals surface area contributed by atoms with Crippen LogP contribution in [0.25, 0.3) is 0 Å². The van der Waals surface area contributed by atoms with E-state index in [1.165, 1.54) is 10.2 Å². The normalized spacial score (nSPS) is 20.1. The average Bonchev–Trinajstić information content (AvgIpc) is 3.10. The Morgan fingerprint density at radius 3 is 2.81 bits per heavy atom. The summed E-state index contributed by atoms with van der Waals surface area (Å²) in [5.41, 5.74) is 1.58. The molecule has 110 valence electrons. The number of ether oxygens (including phenoxy) is 1. The zero-order valence-electron chi connectivity index (χ0n) is 12.1. The standard InChI is InChI=1S/C15H18N4O2/c1-3-21-11-6-4-10(5-7-11)12-8-13(12)16-15(20)14-9-19(2)18-17-14/h4-7,9,12-13H,3,8H2,1-2H3,(H,16,20)/t12-,13+/m0/s1. The van der Waals surface area contributed by atoms with Crippen molar-refractivity contribution in [2.24, 2.45) is 7.05 Å². The first-order valence-corrected chi connectivity index (χ1v) is 7.07. The van der Waals surface area contributed by atoms with Crippen LogP contribution < -0.4 is 10.1 Å². The van der Waals surface area contributed by atoms with E-state index in [9.17, 15) is 4.79 Å². The first-order chi connectivity index (χ1) is 10.2. The predicted molar refractivity (Wildman–Crippen MR) is 77.2 cm³/mol. The van der Waals surface area contributed by atoms with Gasteiger partial charge in [-0.1, -0.05) is 17.3 Å². The molecule has 1 aromatic heterocycles. The van der Waals surface area contributed by atoms with Crippen LogP contribution in [0.15, 0.2) is 30.5 Å². The summed E-state index contributed by atoms with van der Waals surface area (Å²) < 4.78 is 6.94. The van der Waals surface area contributed by atoms with Crippen LogP contribution in [-0.2, 0) is 7.05 Å². The van der Waals surface area contributed by atoms with E-state index < -0.39 is 0 Å². The lowest BCUT2D eigenvalue weighted by Gasteiger charge is -2.05. The lowest BCUT2D eigenvalue weighted by atomic mass is 10.1. The molecule has 0 radical (unpaired) electrons. The molecule has 1 amide bonds. The summed E-state index contributed by atoms with van der Waals surface area (Å²) in [5, 5.41) is 10.6. The number of aryl methyl sites for hydroxylation is 1. The van der Waals surface area contributed by atoms with E-state index >= 15 is 0 Å². The molecule has 6 heteroatoms. The Balaban J connectivity index is 1.57. The highest BCUT2D eigenvalue weighted by Crippen LogP contribution is 2.41. The maximum atomic E-state index is 12.0. The molecule has 0 saturated heterocycles. The minimum atomic E-state index is -0.165. The first kappa shape index (κ1) is 13.6. The van der Waals surface area contributed by atoms with E-state index in [0.29, 0.717) is 18.2 Å². The van der Waals surface area contributed by atoms with Crippen molar-refractivity contribution in [1.82, 2.24) is 20.3 Å². The number of carbonyl (C=O) groups is 1. The fourth-order valence-corrected chi connectivity index (χ4v) is 2.39. The molecule has 1 N–H and O–H groups in total. The van der Waals surface area contributed by atoms with Gasteiger partial charge in [0.1, 0.15) is 5.75 Å². The summed E-state index contributed by atoms with van der Waals surface area (Å²) in [6, 6.07) is 8.24. The molecular formula is C15H18N4O2. The molecule has 1 heterocycles.